The van der Waals surface area contributed by atoms with E-state index in [2.05, 4.69) is 31.9 Å². The van der Waals surface area contributed by atoms with Crippen molar-refractivity contribution in [1.29, 1.82) is 0 Å². The molecule has 20 heavy (non-hydrogen) atoms. The fourth-order valence-corrected chi connectivity index (χ4v) is 2.05. The maximum atomic E-state index is 11.6. The smallest absolute Gasteiger partial charge is 0.321 e. The number of nitrogens with one attached hydrogen (secondary N) is 3. The molecule has 0 aliphatic rings. The number of amides is 3. The molecule has 1 rings (SSSR count). The Labute approximate surface area is 127 Å². The van der Waals surface area contributed by atoms with E-state index >= 15 is 0 Å². The van der Waals surface area contributed by atoms with Gasteiger partial charge in [-0.25, -0.2) is 4.79 Å². The lowest BCUT2D eigenvalue weighted by Gasteiger charge is -2.17. The quantitative estimate of drug-likeness (QED) is 0.743. The molecule has 0 aliphatic carbocycles. The zero-order chi connectivity index (χ0) is 15.0. The summed E-state index contributed by atoms with van der Waals surface area (Å²) in [6, 6.07) is 7.57. The average molecular weight is 342 g/mol. The monoisotopic (exact) mass is 341 g/mol. The first-order valence-corrected chi connectivity index (χ1v) is 7.42. The second-order valence-electron chi connectivity index (χ2n) is 4.30. The molecule has 1 aromatic rings. The van der Waals surface area contributed by atoms with Crippen molar-refractivity contribution in [3.05, 3.63) is 34.3 Å². The molecule has 0 heterocycles. The summed E-state index contributed by atoms with van der Waals surface area (Å²) in [5.41, 5.74) is 1.11. The number of hydrogen-bond donors (Lipinski definition) is 3. The van der Waals surface area contributed by atoms with Gasteiger partial charge in [0.15, 0.2) is 0 Å². The number of rotatable bonds is 6. The highest BCUT2D eigenvalue weighted by Gasteiger charge is 2.12. The number of halogens is 1. The van der Waals surface area contributed by atoms with Crippen molar-refractivity contribution in [3.63, 3.8) is 0 Å². The van der Waals surface area contributed by atoms with E-state index in [0.717, 1.165) is 16.5 Å². The van der Waals surface area contributed by atoms with Crippen molar-refractivity contribution in [2.45, 2.75) is 26.3 Å². The Kier molecular flexibility index (Phi) is 7.25. The van der Waals surface area contributed by atoms with Gasteiger partial charge in [0.2, 0.25) is 5.91 Å². The molecule has 110 valence electrons. The molecular weight excluding hydrogens is 322 g/mol. The van der Waals surface area contributed by atoms with Crippen LogP contribution in [0.5, 0.6) is 0 Å². The van der Waals surface area contributed by atoms with Gasteiger partial charge in [-0.15, -0.1) is 0 Å². The fourth-order valence-electron chi connectivity index (χ4n) is 1.78. The maximum absolute atomic E-state index is 11.6. The molecule has 0 radical (unpaired) electrons. The maximum Gasteiger partial charge on any atom is 0.321 e. The van der Waals surface area contributed by atoms with Crippen LogP contribution in [0.4, 0.5) is 4.79 Å². The van der Waals surface area contributed by atoms with Crippen molar-refractivity contribution in [3.8, 4) is 0 Å². The van der Waals surface area contributed by atoms with Crippen molar-refractivity contribution in [2.75, 3.05) is 13.1 Å². The van der Waals surface area contributed by atoms with Gasteiger partial charge >= 0.3 is 6.03 Å². The zero-order valence-electron chi connectivity index (χ0n) is 11.7. The Morgan fingerprint density at radius 3 is 2.40 bits per heavy atom. The number of carbonyl (C=O) groups excluding carboxylic acids is 2. The molecule has 6 heteroatoms. The molecule has 0 spiro atoms. The van der Waals surface area contributed by atoms with Gasteiger partial charge in [0.05, 0.1) is 6.54 Å². The second kappa shape index (κ2) is 8.71. The SMILES string of the molecule is CCNC(=O)NC(=O)CN[C@H](CC)c1ccc(Br)cc1. The Morgan fingerprint density at radius 2 is 1.85 bits per heavy atom. The van der Waals surface area contributed by atoms with Gasteiger partial charge in [0, 0.05) is 17.1 Å². The third-order valence-corrected chi connectivity index (χ3v) is 3.31. The molecule has 1 atom stereocenters. The van der Waals surface area contributed by atoms with Gasteiger partial charge in [0.1, 0.15) is 0 Å². The van der Waals surface area contributed by atoms with Gasteiger partial charge in [0.25, 0.3) is 0 Å². The number of urea groups is 1. The summed E-state index contributed by atoms with van der Waals surface area (Å²) in [4.78, 5) is 22.8. The summed E-state index contributed by atoms with van der Waals surface area (Å²) in [6.07, 6.45) is 0.857. The van der Waals surface area contributed by atoms with E-state index in [1.165, 1.54) is 0 Å². The van der Waals surface area contributed by atoms with E-state index in [9.17, 15) is 9.59 Å². The lowest BCUT2D eigenvalue weighted by Crippen LogP contribution is -2.43. The number of carbonyl (C=O) groups is 2. The second-order valence-corrected chi connectivity index (χ2v) is 5.22. The first-order valence-electron chi connectivity index (χ1n) is 6.63. The minimum atomic E-state index is -0.462. The summed E-state index contributed by atoms with van der Waals surface area (Å²) in [5.74, 6) is -0.341. The van der Waals surface area contributed by atoms with Crippen molar-refractivity contribution < 1.29 is 9.59 Å². The predicted molar refractivity (Wildman–Crippen MR) is 82.4 cm³/mol. The van der Waals surface area contributed by atoms with Crippen LogP contribution in [0.2, 0.25) is 0 Å². The van der Waals surface area contributed by atoms with E-state index in [-0.39, 0.29) is 18.5 Å². The van der Waals surface area contributed by atoms with Crippen LogP contribution in [0.1, 0.15) is 31.9 Å². The fraction of sp³-hybridized carbons (Fsp3) is 0.429. The molecule has 0 saturated carbocycles. The van der Waals surface area contributed by atoms with Crippen molar-refractivity contribution >= 4 is 27.9 Å². The molecule has 0 unspecified atom stereocenters. The largest absolute Gasteiger partial charge is 0.338 e. The molecule has 0 fully saturated rings. The Hall–Kier alpha value is -1.40. The van der Waals surface area contributed by atoms with Gasteiger partial charge < -0.3 is 10.6 Å². The first-order chi connectivity index (χ1) is 9.56. The predicted octanol–water partition coefficient (Wildman–Crippen LogP) is 2.34. The van der Waals surface area contributed by atoms with Crippen LogP contribution in [0.15, 0.2) is 28.7 Å². The van der Waals surface area contributed by atoms with E-state index in [0.29, 0.717) is 6.54 Å². The van der Waals surface area contributed by atoms with Gasteiger partial charge in [-0.05, 0) is 31.0 Å². The highest BCUT2D eigenvalue weighted by molar-refractivity contribution is 9.10. The Bertz CT molecular complexity index is 448. The van der Waals surface area contributed by atoms with Crippen molar-refractivity contribution in [1.82, 2.24) is 16.0 Å². The molecule has 0 bridgehead atoms. The van der Waals surface area contributed by atoms with Crippen LogP contribution in [-0.2, 0) is 4.79 Å². The van der Waals surface area contributed by atoms with Crippen LogP contribution in [-0.4, -0.2) is 25.0 Å². The minimum absolute atomic E-state index is 0.0862. The highest BCUT2D eigenvalue weighted by Crippen LogP contribution is 2.19. The van der Waals surface area contributed by atoms with Crippen LogP contribution in [0.3, 0.4) is 0 Å². The Morgan fingerprint density at radius 1 is 1.20 bits per heavy atom. The van der Waals surface area contributed by atoms with Crippen LogP contribution >= 0.6 is 15.9 Å². The zero-order valence-corrected chi connectivity index (χ0v) is 13.3. The highest BCUT2D eigenvalue weighted by atomic mass is 79.9. The molecule has 3 amide bonds. The van der Waals surface area contributed by atoms with Crippen LogP contribution in [0, 0.1) is 0 Å². The molecule has 0 aliphatic heterocycles. The minimum Gasteiger partial charge on any atom is -0.338 e. The summed E-state index contributed by atoms with van der Waals surface area (Å²) in [7, 11) is 0. The third kappa shape index (κ3) is 5.71. The lowest BCUT2D eigenvalue weighted by atomic mass is 10.0. The molecule has 1 aromatic carbocycles. The number of benzene rings is 1. The lowest BCUT2D eigenvalue weighted by molar-refractivity contribution is -0.119. The number of hydrogen-bond acceptors (Lipinski definition) is 3. The van der Waals surface area contributed by atoms with E-state index in [4.69, 9.17) is 0 Å². The molecule has 3 N–H and O–H groups in total. The topological polar surface area (TPSA) is 70.2 Å². The third-order valence-electron chi connectivity index (χ3n) is 2.78. The van der Waals surface area contributed by atoms with Crippen molar-refractivity contribution in [2.24, 2.45) is 0 Å². The average Bonchev–Trinajstić information content (AvgIpc) is 2.41. The Balaban J connectivity index is 2.47. The molecule has 0 aromatic heterocycles. The molecule has 0 saturated heterocycles. The molecule has 5 nitrogen and oxygen atoms in total. The number of imide groups is 1. The van der Waals surface area contributed by atoms with E-state index in [1.807, 2.05) is 31.2 Å². The van der Waals surface area contributed by atoms with Crippen LogP contribution in [0.25, 0.3) is 0 Å². The summed E-state index contributed by atoms with van der Waals surface area (Å²) < 4.78 is 1.02. The van der Waals surface area contributed by atoms with Gasteiger partial charge in [-0.2, -0.15) is 0 Å². The van der Waals surface area contributed by atoms with Gasteiger partial charge in [-0.3, -0.25) is 10.1 Å². The van der Waals surface area contributed by atoms with Crippen LogP contribution < -0.4 is 16.0 Å². The summed E-state index contributed by atoms with van der Waals surface area (Å²) in [5, 5.41) is 7.92. The van der Waals surface area contributed by atoms with E-state index < -0.39 is 6.03 Å². The van der Waals surface area contributed by atoms with Gasteiger partial charge in [-0.1, -0.05) is 35.0 Å². The first kappa shape index (κ1) is 16.7. The standard InChI is InChI=1S/C14H20BrN3O2/c1-3-12(10-5-7-11(15)8-6-10)17-9-13(19)18-14(20)16-4-2/h5-8,12,17H,3-4,9H2,1-2H3,(H2,16,18,19,20)/t12-/m1/s1. The molecular formula is C14H20BrN3O2. The van der Waals surface area contributed by atoms with E-state index in [1.54, 1.807) is 6.92 Å². The summed E-state index contributed by atoms with van der Waals surface area (Å²) in [6.45, 7) is 4.43. The summed E-state index contributed by atoms with van der Waals surface area (Å²) >= 11 is 3.39. The normalized spacial score (nSPS) is 11.8.